The molecule has 6 rings (SSSR count). The third-order valence-electron chi connectivity index (χ3n) is 9.72. The molecule has 4 N–H and O–H groups in total. The summed E-state index contributed by atoms with van der Waals surface area (Å²) in [5.41, 5.74) is 3.87. The lowest BCUT2D eigenvalue weighted by atomic mass is 10.0. The summed E-state index contributed by atoms with van der Waals surface area (Å²) in [5, 5.41) is 11.1. The summed E-state index contributed by atoms with van der Waals surface area (Å²) < 4.78 is 10.6. The molecule has 0 bridgehead atoms. The molecule has 62 heavy (non-hydrogen) atoms. The van der Waals surface area contributed by atoms with Crippen LogP contribution in [0.2, 0.25) is 0 Å². The minimum Gasteiger partial charge on any atom is -0.467 e. The summed E-state index contributed by atoms with van der Waals surface area (Å²) in [5.74, 6) is -1.78. The Bertz CT molecular complexity index is 2390. The van der Waals surface area contributed by atoms with Gasteiger partial charge in [0.25, 0.3) is 11.8 Å². The number of carbonyl (C=O) groups excluding carboxylic acids is 6. The van der Waals surface area contributed by atoms with Crippen molar-refractivity contribution >= 4 is 35.4 Å². The highest BCUT2D eigenvalue weighted by Gasteiger charge is 2.24. The number of hydrogen-bond donors (Lipinski definition) is 4. The van der Waals surface area contributed by atoms with Crippen molar-refractivity contribution in [3.63, 3.8) is 0 Å². The average molecular weight is 837 g/mol. The van der Waals surface area contributed by atoms with Crippen LogP contribution in [0.1, 0.15) is 43.4 Å². The number of hydrogen-bond acceptors (Lipinski definition) is 8. The fourth-order valence-electron chi connectivity index (χ4n) is 6.50. The van der Waals surface area contributed by atoms with Crippen LogP contribution in [0.25, 0.3) is 11.1 Å². The molecule has 6 aromatic rings. The molecule has 0 fully saturated rings. The van der Waals surface area contributed by atoms with Gasteiger partial charge in [-0.1, -0.05) is 84.9 Å². The van der Waals surface area contributed by atoms with Gasteiger partial charge in [0.1, 0.15) is 37.7 Å². The lowest BCUT2D eigenvalue weighted by Gasteiger charge is -2.22. The number of furan rings is 2. The molecule has 0 unspecified atom stereocenters. The van der Waals surface area contributed by atoms with Crippen LogP contribution in [-0.2, 0) is 45.1 Å². The van der Waals surface area contributed by atoms with Gasteiger partial charge in [-0.25, -0.2) is 0 Å². The smallest absolute Gasteiger partial charge is 0.254 e. The van der Waals surface area contributed by atoms with Gasteiger partial charge in [0.2, 0.25) is 23.6 Å². The maximum Gasteiger partial charge on any atom is 0.254 e. The van der Waals surface area contributed by atoms with Crippen LogP contribution in [0.4, 0.5) is 0 Å². The monoisotopic (exact) mass is 836 g/mol. The van der Waals surface area contributed by atoms with Crippen molar-refractivity contribution in [2.75, 3.05) is 39.3 Å². The van der Waals surface area contributed by atoms with Gasteiger partial charge in [0.15, 0.2) is 0 Å². The summed E-state index contributed by atoms with van der Waals surface area (Å²) in [4.78, 5) is 82.4. The fraction of sp³-hybridized carbons (Fsp3) is 0.208. The Balaban J connectivity index is 1.12. The lowest BCUT2D eigenvalue weighted by Crippen LogP contribution is -2.46. The predicted molar refractivity (Wildman–Crippen MR) is 231 cm³/mol. The zero-order valence-corrected chi connectivity index (χ0v) is 34.1. The maximum absolute atomic E-state index is 14.0. The van der Waals surface area contributed by atoms with Crippen molar-refractivity contribution in [1.82, 2.24) is 31.1 Å². The van der Waals surface area contributed by atoms with E-state index in [9.17, 15) is 28.8 Å². The number of rotatable bonds is 21. The Hall–Kier alpha value is -7.74. The summed E-state index contributed by atoms with van der Waals surface area (Å²) in [6, 6.07) is 39.5. The van der Waals surface area contributed by atoms with Gasteiger partial charge in [0, 0.05) is 24.2 Å². The molecule has 318 valence electrons. The third-order valence-corrected chi connectivity index (χ3v) is 9.72. The lowest BCUT2D eigenvalue weighted by molar-refractivity contribution is -0.126. The second-order valence-corrected chi connectivity index (χ2v) is 14.4. The van der Waals surface area contributed by atoms with Crippen molar-refractivity contribution in [2.45, 2.75) is 25.9 Å². The first-order chi connectivity index (χ1) is 30.2. The first-order valence-corrected chi connectivity index (χ1v) is 20.2. The Labute approximate surface area is 359 Å². The molecule has 4 aromatic carbocycles. The van der Waals surface area contributed by atoms with Gasteiger partial charge in [-0.15, -0.1) is 0 Å². The van der Waals surface area contributed by atoms with Crippen LogP contribution in [0.15, 0.2) is 155 Å². The summed E-state index contributed by atoms with van der Waals surface area (Å²) >= 11 is 0. The normalized spacial score (nSPS) is 10.6. The molecule has 0 aliphatic carbocycles. The molecule has 0 spiro atoms. The highest BCUT2D eigenvalue weighted by molar-refractivity contribution is 6.00. The van der Waals surface area contributed by atoms with E-state index >= 15 is 0 Å². The van der Waals surface area contributed by atoms with Gasteiger partial charge >= 0.3 is 0 Å². The van der Waals surface area contributed by atoms with Crippen LogP contribution in [0.3, 0.4) is 0 Å². The topological polar surface area (TPSA) is 183 Å². The molecule has 6 amide bonds. The SMILES string of the molecule is O=C(CN(CC(=O)NCc1ccco1)C(=O)c1ccc(-c2cccc(C(=O)N(CC(=O)NCCc3ccccc3)CC(=O)NCc3ccco3)c2)cc1)NCCc1ccccc1. The Morgan fingerprint density at radius 2 is 0.871 bits per heavy atom. The van der Waals surface area contributed by atoms with Crippen LogP contribution < -0.4 is 21.3 Å². The van der Waals surface area contributed by atoms with Crippen LogP contribution in [0, 0.1) is 0 Å². The van der Waals surface area contributed by atoms with Crippen LogP contribution in [-0.4, -0.2) is 84.5 Å². The van der Waals surface area contributed by atoms with Gasteiger partial charge in [-0.05, 0) is 83.6 Å². The Kier molecular flexibility index (Phi) is 16.0. The first kappa shape index (κ1) is 43.8. The molecule has 0 atom stereocenters. The van der Waals surface area contributed by atoms with Crippen molar-refractivity contribution in [2.24, 2.45) is 0 Å². The number of nitrogens with zero attached hydrogens (tertiary/aromatic N) is 2. The van der Waals surface area contributed by atoms with E-state index in [4.69, 9.17) is 8.83 Å². The Morgan fingerprint density at radius 1 is 0.419 bits per heavy atom. The zero-order chi connectivity index (χ0) is 43.5. The zero-order valence-electron chi connectivity index (χ0n) is 34.1. The second-order valence-electron chi connectivity index (χ2n) is 14.4. The molecular formula is C48H48N6O8. The molecule has 0 radical (unpaired) electrons. The fourth-order valence-corrected chi connectivity index (χ4v) is 6.50. The van der Waals surface area contributed by atoms with E-state index in [2.05, 4.69) is 21.3 Å². The quantitative estimate of drug-likeness (QED) is 0.0800. The summed E-state index contributed by atoms with van der Waals surface area (Å²) in [7, 11) is 0. The van der Waals surface area contributed by atoms with E-state index in [1.165, 1.54) is 22.3 Å². The van der Waals surface area contributed by atoms with Gasteiger partial charge < -0.3 is 39.9 Å². The number of carbonyl (C=O) groups is 6. The molecule has 14 nitrogen and oxygen atoms in total. The van der Waals surface area contributed by atoms with E-state index < -0.39 is 35.4 Å². The van der Waals surface area contributed by atoms with Gasteiger partial charge in [-0.3, -0.25) is 28.8 Å². The molecule has 0 aliphatic rings. The predicted octanol–water partition coefficient (Wildman–Crippen LogP) is 4.77. The van der Waals surface area contributed by atoms with E-state index in [1.807, 2.05) is 60.7 Å². The average Bonchev–Trinajstić information content (AvgIpc) is 4.03. The minimum atomic E-state index is -0.534. The van der Waals surface area contributed by atoms with Crippen molar-refractivity contribution in [3.8, 4) is 11.1 Å². The van der Waals surface area contributed by atoms with E-state index in [-0.39, 0.29) is 50.4 Å². The number of nitrogens with one attached hydrogen (secondary N) is 4. The highest BCUT2D eigenvalue weighted by Crippen LogP contribution is 2.23. The van der Waals surface area contributed by atoms with Crippen LogP contribution in [0.5, 0.6) is 0 Å². The molecule has 0 saturated heterocycles. The largest absolute Gasteiger partial charge is 0.467 e. The van der Waals surface area contributed by atoms with E-state index in [1.54, 1.807) is 72.8 Å². The third kappa shape index (κ3) is 13.7. The van der Waals surface area contributed by atoms with Crippen molar-refractivity contribution in [1.29, 1.82) is 0 Å². The molecular weight excluding hydrogens is 789 g/mol. The number of benzene rings is 4. The van der Waals surface area contributed by atoms with Crippen molar-refractivity contribution in [3.05, 3.63) is 180 Å². The second kappa shape index (κ2) is 22.6. The van der Waals surface area contributed by atoms with E-state index in [0.717, 1.165) is 11.1 Å². The molecule has 2 aromatic heterocycles. The summed E-state index contributed by atoms with van der Waals surface area (Å²) in [6.07, 6.45) is 4.18. The van der Waals surface area contributed by atoms with Gasteiger partial charge in [-0.2, -0.15) is 0 Å². The van der Waals surface area contributed by atoms with Gasteiger partial charge in [0.05, 0.1) is 25.6 Å². The molecule has 0 saturated carbocycles. The number of amides is 6. The first-order valence-electron chi connectivity index (χ1n) is 20.2. The molecule has 2 heterocycles. The van der Waals surface area contributed by atoms with E-state index in [0.29, 0.717) is 48.6 Å². The van der Waals surface area contributed by atoms with Crippen LogP contribution >= 0.6 is 0 Å². The van der Waals surface area contributed by atoms with Crippen molar-refractivity contribution < 1.29 is 37.6 Å². The highest BCUT2D eigenvalue weighted by atomic mass is 16.3. The standard InChI is InChI=1S/C48H48N6O8/c55-43(49-24-22-35-10-3-1-4-11-35)31-53(33-45(57)51-29-41-16-8-26-61-41)47(59)38-20-18-37(19-21-38)39-14-7-15-40(28-39)48(60)54(34-46(58)52-30-42-17-9-27-62-42)32-44(56)50-25-23-36-12-5-2-6-13-36/h1-21,26-28H,22-25,29-34H2,(H,49,55)(H,50,56)(H,51,57)(H,52,58). The minimum absolute atomic E-state index is 0.115. The molecule has 14 heteroatoms. The molecule has 0 aliphatic heterocycles. The maximum atomic E-state index is 14.0. The Morgan fingerprint density at radius 3 is 1.32 bits per heavy atom. The summed E-state index contributed by atoms with van der Waals surface area (Å²) in [6.45, 7) is -0.529.